The molecule has 0 spiro atoms. The van der Waals surface area contributed by atoms with Crippen LogP contribution in [0.3, 0.4) is 0 Å². The molecule has 0 radical (unpaired) electrons. The van der Waals surface area contributed by atoms with E-state index >= 15 is 0 Å². The van der Waals surface area contributed by atoms with Crippen LogP contribution < -0.4 is 11.2 Å². The fourth-order valence-electron chi connectivity index (χ4n) is 2.08. The summed E-state index contributed by atoms with van der Waals surface area (Å²) in [4.78, 5) is 11.3. The van der Waals surface area contributed by atoms with Crippen LogP contribution in [0.2, 0.25) is 5.02 Å². The zero-order chi connectivity index (χ0) is 17.1. The molecule has 0 bridgehead atoms. The van der Waals surface area contributed by atoms with E-state index in [0.29, 0.717) is 21.6 Å². The summed E-state index contributed by atoms with van der Waals surface area (Å²) < 4.78 is 23.8. The van der Waals surface area contributed by atoms with E-state index in [2.05, 4.69) is 15.9 Å². The number of amides is 1. The average Bonchev–Trinajstić information content (AvgIpc) is 2.44. The molecule has 0 unspecified atom stereocenters. The second-order valence-corrected chi connectivity index (χ2v) is 7.10. The fourth-order valence-corrected chi connectivity index (χ4v) is 3.64. The number of nitrogens with one attached hydrogen (secondary N) is 1. The van der Waals surface area contributed by atoms with Crippen molar-refractivity contribution in [3.63, 3.8) is 0 Å². The van der Waals surface area contributed by atoms with Crippen molar-refractivity contribution in [2.45, 2.75) is 12.3 Å². The van der Waals surface area contributed by atoms with Gasteiger partial charge in [-0.25, -0.2) is 8.42 Å². The van der Waals surface area contributed by atoms with Crippen molar-refractivity contribution in [3.8, 4) is 0 Å². The number of primary amides is 1. The molecule has 0 aliphatic carbocycles. The van der Waals surface area contributed by atoms with Gasteiger partial charge in [-0.05, 0) is 23.3 Å². The van der Waals surface area contributed by atoms with E-state index in [0.717, 1.165) is 5.56 Å². The lowest BCUT2D eigenvalue weighted by Gasteiger charge is -2.11. The Kier molecular flexibility index (Phi) is 7.47. The zero-order valence-electron chi connectivity index (χ0n) is 12.2. The summed E-state index contributed by atoms with van der Waals surface area (Å²) in [6.45, 7) is 0.294. The quantitative estimate of drug-likeness (QED) is 0.602. The topological polar surface area (TPSA) is 106 Å². The van der Waals surface area contributed by atoms with Crippen molar-refractivity contribution in [3.05, 3.63) is 62.1 Å². The molecular weight excluding hydrogens is 441 g/mol. The Morgan fingerprint density at radius 3 is 2.54 bits per heavy atom. The van der Waals surface area contributed by atoms with E-state index in [4.69, 9.17) is 22.7 Å². The summed E-state index contributed by atoms with van der Waals surface area (Å²) in [6.07, 6.45) is 1.53. The summed E-state index contributed by atoms with van der Waals surface area (Å²) in [5.41, 5.74) is 6.72. The van der Waals surface area contributed by atoms with Crippen molar-refractivity contribution in [2.24, 2.45) is 5.73 Å². The molecule has 0 saturated carbocycles. The van der Waals surface area contributed by atoms with Crippen LogP contribution in [0, 0.1) is 5.41 Å². The molecule has 1 aromatic carbocycles. The van der Waals surface area contributed by atoms with E-state index in [-0.39, 0.29) is 29.2 Å². The van der Waals surface area contributed by atoms with Gasteiger partial charge in [0.1, 0.15) is 16.2 Å². The number of nitrogens with zero attached hydrogens (tertiary/aromatic N) is 1. The lowest BCUT2D eigenvalue weighted by Crippen LogP contribution is -2.29. The third-order valence-corrected chi connectivity index (χ3v) is 4.68. The highest BCUT2D eigenvalue weighted by Crippen LogP contribution is 2.20. The zero-order valence-corrected chi connectivity index (χ0v) is 16.2. The van der Waals surface area contributed by atoms with Crippen LogP contribution >= 0.6 is 39.9 Å². The molecular formula is C14H14BrCl2N3O3S. The Bertz CT molecular complexity index is 905. The standard InChI is InChI=1S/C14H13BrClN3O3S.ClH/c15-12-3-8(1-2-9(12)7-23(21)22)5-19-6-10(16)4-11(13(19)17)14(18)20;/h1-4,6,17,23H,5,7H2,(H2,18,20);1H. The number of rotatable bonds is 5. The van der Waals surface area contributed by atoms with Crippen molar-refractivity contribution >= 4 is 56.5 Å². The van der Waals surface area contributed by atoms with Crippen LogP contribution in [0.4, 0.5) is 0 Å². The Labute approximate surface area is 159 Å². The molecule has 10 heteroatoms. The van der Waals surface area contributed by atoms with E-state index < -0.39 is 16.6 Å². The number of pyridine rings is 1. The number of benzene rings is 1. The largest absolute Gasteiger partial charge is 0.365 e. The maximum absolute atomic E-state index is 11.3. The highest BCUT2D eigenvalue weighted by atomic mass is 79.9. The highest BCUT2D eigenvalue weighted by molar-refractivity contribution is 9.10. The first-order chi connectivity index (χ1) is 10.8. The number of thiol groups is 1. The molecule has 0 saturated heterocycles. The Hall–Kier alpha value is -1.35. The van der Waals surface area contributed by atoms with Gasteiger partial charge in [-0.1, -0.05) is 39.7 Å². The molecule has 1 heterocycles. The lowest BCUT2D eigenvalue weighted by molar-refractivity contribution is 0.0997. The van der Waals surface area contributed by atoms with Crippen LogP contribution in [0.5, 0.6) is 0 Å². The maximum atomic E-state index is 11.3. The molecule has 0 fully saturated rings. The van der Waals surface area contributed by atoms with Crippen molar-refractivity contribution in [1.29, 1.82) is 5.41 Å². The summed E-state index contributed by atoms with van der Waals surface area (Å²) in [5, 5.41) is 8.32. The van der Waals surface area contributed by atoms with Crippen molar-refractivity contribution in [2.75, 3.05) is 0 Å². The van der Waals surface area contributed by atoms with Crippen LogP contribution in [0.15, 0.2) is 34.9 Å². The molecule has 1 amide bonds. The van der Waals surface area contributed by atoms with Gasteiger partial charge in [-0.2, -0.15) is 0 Å². The van der Waals surface area contributed by atoms with Crippen LogP contribution in [-0.2, 0) is 23.0 Å². The number of carbonyl (C=O) groups excluding carboxylic acids is 1. The number of nitrogens with two attached hydrogens (primary N) is 1. The molecule has 24 heavy (non-hydrogen) atoms. The van der Waals surface area contributed by atoms with Gasteiger partial charge < -0.3 is 10.3 Å². The Balaban J connectivity index is 0.00000288. The minimum atomic E-state index is -2.51. The number of carbonyl (C=O) groups is 1. The van der Waals surface area contributed by atoms with E-state index in [1.54, 1.807) is 18.2 Å². The third-order valence-electron chi connectivity index (χ3n) is 3.14. The molecule has 2 aromatic rings. The van der Waals surface area contributed by atoms with Crippen LogP contribution in [0.1, 0.15) is 21.5 Å². The van der Waals surface area contributed by atoms with Gasteiger partial charge in [0, 0.05) is 17.2 Å². The number of aromatic nitrogens is 1. The van der Waals surface area contributed by atoms with Crippen molar-refractivity contribution in [1.82, 2.24) is 4.57 Å². The maximum Gasteiger partial charge on any atom is 0.252 e. The molecule has 130 valence electrons. The fraction of sp³-hybridized carbons (Fsp3) is 0.143. The predicted molar refractivity (Wildman–Crippen MR) is 98.3 cm³/mol. The van der Waals surface area contributed by atoms with Gasteiger partial charge in [0.25, 0.3) is 5.91 Å². The second-order valence-electron chi connectivity index (χ2n) is 4.83. The molecule has 0 aliphatic rings. The van der Waals surface area contributed by atoms with E-state index in [1.165, 1.54) is 16.8 Å². The molecule has 1 aromatic heterocycles. The SMILES string of the molecule is Cl.N=c1c(C(N)=O)cc(Cl)cn1Cc1ccc(C[SH](=O)=O)c(Br)c1. The normalized spacial score (nSPS) is 10.5. The third kappa shape index (κ3) is 5.07. The molecule has 0 atom stereocenters. The molecule has 0 aliphatic heterocycles. The van der Waals surface area contributed by atoms with Gasteiger partial charge in [0.2, 0.25) is 0 Å². The first-order valence-electron chi connectivity index (χ1n) is 6.41. The predicted octanol–water partition coefficient (Wildman–Crippen LogP) is 2.06. The molecule has 2 rings (SSSR count). The first-order valence-corrected chi connectivity index (χ1v) is 8.95. The number of hydrogen-bond acceptors (Lipinski definition) is 4. The van der Waals surface area contributed by atoms with Crippen LogP contribution in [-0.4, -0.2) is 18.9 Å². The van der Waals surface area contributed by atoms with Crippen LogP contribution in [0.25, 0.3) is 0 Å². The van der Waals surface area contributed by atoms with Gasteiger partial charge >= 0.3 is 0 Å². The average molecular weight is 455 g/mol. The summed E-state index contributed by atoms with van der Waals surface area (Å²) in [7, 11) is -2.51. The summed E-state index contributed by atoms with van der Waals surface area (Å²) >= 11 is 9.29. The molecule has 6 nitrogen and oxygen atoms in total. The monoisotopic (exact) mass is 453 g/mol. The van der Waals surface area contributed by atoms with Gasteiger partial charge in [-0.3, -0.25) is 10.2 Å². The van der Waals surface area contributed by atoms with Crippen molar-refractivity contribution < 1.29 is 13.2 Å². The smallest absolute Gasteiger partial charge is 0.252 e. The highest BCUT2D eigenvalue weighted by Gasteiger charge is 2.09. The minimum Gasteiger partial charge on any atom is -0.365 e. The van der Waals surface area contributed by atoms with Gasteiger partial charge in [0.15, 0.2) is 0 Å². The molecule has 3 N–H and O–H groups in total. The number of halogens is 3. The minimum absolute atomic E-state index is 0. The van der Waals surface area contributed by atoms with Gasteiger partial charge in [0.05, 0.1) is 16.3 Å². The first kappa shape index (κ1) is 20.7. The van der Waals surface area contributed by atoms with E-state index in [1.807, 2.05) is 0 Å². The Morgan fingerprint density at radius 2 is 2.00 bits per heavy atom. The number of hydrogen-bond donors (Lipinski definition) is 3. The lowest BCUT2D eigenvalue weighted by atomic mass is 10.1. The van der Waals surface area contributed by atoms with Gasteiger partial charge in [-0.15, -0.1) is 12.4 Å². The summed E-state index contributed by atoms with van der Waals surface area (Å²) in [5.74, 6) is -0.766. The van der Waals surface area contributed by atoms with E-state index in [9.17, 15) is 13.2 Å². The second kappa shape index (κ2) is 8.66. The Morgan fingerprint density at radius 1 is 1.33 bits per heavy atom. The summed E-state index contributed by atoms with van der Waals surface area (Å²) in [6, 6.07) is 6.59.